The Morgan fingerprint density at radius 2 is 1.56 bits per heavy atom. The van der Waals surface area contributed by atoms with E-state index in [1.807, 2.05) is 9.80 Å². The molecule has 0 bridgehead atoms. The van der Waals surface area contributed by atoms with E-state index in [-0.39, 0.29) is 62.4 Å². The van der Waals surface area contributed by atoms with Gasteiger partial charge in [0.15, 0.2) is 11.6 Å². The highest BCUT2D eigenvalue weighted by atomic mass is 16.1. The predicted octanol–water partition coefficient (Wildman–Crippen LogP) is -0.787. The second-order valence-corrected chi connectivity index (χ2v) is 7.28. The number of carbonyl (C=O) groups is 4. The van der Waals surface area contributed by atoms with E-state index >= 15 is 0 Å². The Morgan fingerprint density at radius 3 is 2.07 bits per heavy atom. The van der Waals surface area contributed by atoms with Crippen molar-refractivity contribution in [2.45, 2.75) is 20.3 Å². The first-order chi connectivity index (χ1) is 12.7. The van der Waals surface area contributed by atoms with Gasteiger partial charge in [-0.15, -0.1) is 0 Å². The van der Waals surface area contributed by atoms with Crippen LogP contribution >= 0.6 is 0 Å². The van der Waals surface area contributed by atoms with Crippen LogP contribution in [0.1, 0.15) is 20.3 Å². The van der Waals surface area contributed by atoms with Gasteiger partial charge in [-0.1, -0.05) is 6.92 Å². The Kier molecular flexibility index (Phi) is 10.5. The SMILES string of the molecule is [CH]N(C)CCN(CC(=O)CC)CC(=O)CN1CCN(CC(C)=O)CC(=O)C1. The molecule has 1 aliphatic heterocycles. The molecule has 0 spiro atoms. The Hall–Kier alpha value is -1.48. The van der Waals surface area contributed by atoms with Crippen molar-refractivity contribution in [3.8, 4) is 0 Å². The largest absolute Gasteiger partial charge is 0.299 e. The lowest BCUT2D eigenvalue weighted by molar-refractivity contribution is -0.124. The summed E-state index contributed by atoms with van der Waals surface area (Å²) in [5, 5.41) is 0. The van der Waals surface area contributed by atoms with Crippen LogP contribution in [0.4, 0.5) is 0 Å². The average Bonchev–Trinajstić information content (AvgIpc) is 2.72. The molecule has 0 aromatic carbocycles. The molecule has 0 amide bonds. The minimum absolute atomic E-state index is 0.00400. The molecule has 0 aromatic rings. The van der Waals surface area contributed by atoms with E-state index in [1.165, 1.54) is 11.8 Å². The zero-order valence-corrected chi connectivity index (χ0v) is 16.8. The van der Waals surface area contributed by atoms with Crippen molar-refractivity contribution >= 4 is 23.1 Å². The first kappa shape index (κ1) is 23.6. The second-order valence-electron chi connectivity index (χ2n) is 7.28. The van der Waals surface area contributed by atoms with E-state index in [9.17, 15) is 19.2 Å². The molecule has 8 heteroatoms. The summed E-state index contributed by atoms with van der Waals surface area (Å²) in [4.78, 5) is 54.6. The highest BCUT2D eigenvalue weighted by molar-refractivity contribution is 5.87. The van der Waals surface area contributed by atoms with Gasteiger partial charge in [0.2, 0.25) is 0 Å². The van der Waals surface area contributed by atoms with Crippen LogP contribution in [0, 0.1) is 7.05 Å². The normalized spacial score (nSPS) is 16.7. The minimum Gasteiger partial charge on any atom is -0.299 e. The van der Waals surface area contributed by atoms with Crippen LogP contribution in [0.15, 0.2) is 0 Å². The fourth-order valence-electron chi connectivity index (χ4n) is 3.00. The molecular formula is C19H32N4O4. The van der Waals surface area contributed by atoms with Crippen molar-refractivity contribution in [3.63, 3.8) is 0 Å². The van der Waals surface area contributed by atoms with Crippen LogP contribution < -0.4 is 0 Å². The van der Waals surface area contributed by atoms with Crippen LogP contribution in [-0.4, -0.2) is 115 Å². The van der Waals surface area contributed by atoms with Crippen molar-refractivity contribution in [2.75, 3.05) is 72.5 Å². The van der Waals surface area contributed by atoms with Gasteiger partial charge in [-0.3, -0.25) is 38.8 Å². The third kappa shape index (κ3) is 10.4. The van der Waals surface area contributed by atoms with E-state index in [0.29, 0.717) is 32.6 Å². The maximum Gasteiger partial charge on any atom is 0.160 e. The third-order valence-electron chi connectivity index (χ3n) is 4.34. The summed E-state index contributed by atoms with van der Waals surface area (Å²) in [6.45, 7) is 6.75. The van der Waals surface area contributed by atoms with E-state index in [2.05, 4.69) is 0 Å². The first-order valence-corrected chi connectivity index (χ1v) is 9.37. The maximum absolute atomic E-state index is 12.5. The van der Waals surface area contributed by atoms with Gasteiger partial charge in [-0.2, -0.15) is 0 Å². The summed E-state index contributed by atoms with van der Waals surface area (Å²) in [7, 11) is 7.36. The van der Waals surface area contributed by atoms with Crippen molar-refractivity contribution < 1.29 is 19.2 Å². The molecule has 0 atom stereocenters. The topological polar surface area (TPSA) is 81.2 Å². The first-order valence-electron chi connectivity index (χ1n) is 9.37. The van der Waals surface area contributed by atoms with Crippen molar-refractivity contribution in [3.05, 3.63) is 7.05 Å². The van der Waals surface area contributed by atoms with Crippen LogP contribution in [0.25, 0.3) is 0 Å². The molecule has 0 N–H and O–H groups in total. The van der Waals surface area contributed by atoms with Gasteiger partial charge in [0, 0.05) is 39.6 Å². The lowest BCUT2D eigenvalue weighted by atomic mass is 10.2. The van der Waals surface area contributed by atoms with Gasteiger partial charge in [0.05, 0.1) is 39.3 Å². The Morgan fingerprint density at radius 1 is 1.00 bits per heavy atom. The number of hydrogen-bond acceptors (Lipinski definition) is 8. The van der Waals surface area contributed by atoms with E-state index in [0.717, 1.165) is 0 Å². The standard InChI is InChI=1S/C19H32N4O4/c1-5-17(25)11-22(7-6-20(3)4)13-19(27)15-23-9-8-21(10-16(2)24)12-18(26)14-23/h3H,5-15H2,1-2,4H3. The molecule has 1 saturated heterocycles. The average molecular weight is 380 g/mol. The van der Waals surface area contributed by atoms with E-state index in [1.54, 1.807) is 18.9 Å². The molecule has 2 radical (unpaired) electrons. The summed E-state index contributed by atoms with van der Waals surface area (Å²) in [6.07, 6.45) is 0.426. The number of Topliss-reactive ketones (excluding diaryl/α,β-unsaturated/α-hetero) is 4. The zero-order valence-electron chi connectivity index (χ0n) is 16.8. The van der Waals surface area contributed by atoms with E-state index < -0.39 is 0 Å². The van der Waals surface area contributed by atoms with E-state index in [4.69, 9.17) is 7.05 Å². The number of likely N-dealkylation sites (N-methyl/N-ethyl adjacent to an activating group) is 1. The number of nitrogens with zero attached hydrogens (tertiary/aromatic N) is 4. The smallest absolute Gasteiger partial charge is 0.160 e. The second kappa shape index (κ2) is 12.1. The number of carbonyl (C=O) groups excluding carboxylic acids is 4. The summed E-state index contributed by atoms with van der Waals surface area (Å²) in [5.41, 5.74) is 0. The lowest BCUT2D eigenvalue weighted by Gasteiger charge is -2.24. The number of ketones is 4. The summed E-state index contributed by atoms with van der Waals surface area (Å²) in [5.74, 6) is 0.0662. The molecule has 27 heavy (non-hydrogen) atoms. The molecule has 0 aliphatic carbocycles. The van der Waals surface area contributed by atoms with Crippen molar-refractivity contribution in [2.24, 2.45) is 0 Å². The molecule has 1 aliphatic rings. The zero-order chi connectivity index (χ0) is 20.4. The molecule has 8 nitrogen and oxygen atoms in total. The number of hydrogen-bond donors (Lipinski definition) is 0. The Balaban J connectivity index is 2.56. The fourth-order valence-corrected chi connectivity index (χ4v) is 3.00. The Bertz CT molecular complexity index is 536. The van der Waals surface area contributed by atoms with Crippen LogP contribution in [0.3, 0.4) is 0 Å². The van der Waals surface area contributed by atoms with Crippen molar-refractivity contribution in [1.82, 2.24) is 19.6 Å². The maximum atomic E-state index is 12.5. The summed E-state index contributed by atoms with van der Waals surface area (Å²) < 4.78 is 0. The quantitative estimate of drug-likeness (QED) is 0.408. The van der Waals surface area contributed by atoms with Crippen molar-refractivity contribution in [1.29, 1.82) is 0 Å². The molecule has 1 rings (SSSR count). The Labute approximate surface area is 162 Å². The molecule has 1 fully saturated rings. The predicted molar refractivity (Wildman–Crippen MR) is 102 cm³/mol. The lowest BCUT2D eigenvalue weighted by Crippen LogP contribution is -2.43. The highest BCUT2D eigenvalue weighted by Crippen LogP contribution is 2.02. The van der Waals surface area contributed by atoms with Gasteiger partial charge < -0.3 is 0 Å². The van der Waals surface area contributed by atoms with Crippen LogP contribution in [0.2, 0.25) is 0 Å². The molecule has 0 unspecified atom stereocenters. The summed E-state index contributed by atoms with van der Waals surface area (Å²) in [6, 6.07) is 0. The third-order valence-corrected chi connectivity index (χ3v) is 4.34. The van der Waals surface area contributed by atoms with Gasteiger partial charge in [0.1, 0.15) is 11.6 Å². The monoisotopic (exact) mass is 380 g/mol. The molecular weight excluding hydrogens is 348 g/mol. The van der Waals surface area contributed by atoms with Gasteiger partial charge in [-0.05, 0) is 14.0 Å². The van der Waals surface area contributed by atoms with Crippen LogP contribution in [0.5, 0.6) is 0 Å². The van der Waals surface area contributed by atoms with Gasteiger partial charge >= 0.3 is 0 Å². The fraction of sp³-hybridized carbons (Fsp3) is 0.737. The molecule has 1 heterocycles. The summed E-state index contributed by atoms with van der Waals surface area (Å²) >= 11 is 0. The molecule has 0 saturated carbocycles. The highest BCUT2D eigenvalue weighted by Gasteiger charge is 2.23. The number of rotatable bonds is 12. The molecule has 0 aromatic heterocycles. The molecule has 152 valence electrons. The minimum atomic E-state index is -0.0357. The van der Waals surface area contributed by atoms with Gasteiger partial charge in [0.25, 0.3) is 0 Å². The van der Waals surface area contributed by atoms with Gasteiger partial charge in [-0.25, -0.2) is 0 Å². The van der Waals surface area contributed by atoms with Crippen LogP contribution in [-0.2, 0) is 19.2 Å².